The third-order valence-electron chi connectivity index (χ3n) is 6.11. The highest BCUT2D eigenvalue weighted by Gasteiger charge is 2.32. The Bertz CT molecular complexity index is 1370. The number of carbonyl (C=O) groups excluding carboxylic acids is 1. The summed E-state index contributed by atoms with van der Waals surface area (Å²) in [6.45, 7) is 13.1. The zero-order valence-electron chi connectivity index (χ0n) is 21.4. The summed E-state index contributed by atoms with van der Waals surface area (Å²) in [5.41, 5.74) is 1.96. The highest BCUT2D eigenvalue weighted by molar-refractivity contribution is 9.10. The predicted octanol–water partition coefficient (Wildman–Crippen LogP) is 5.77. The van der Waals surface area contributed by atoms with Crippen molar-refractivity contribution in [3.05, 3.63) is 56.0 Å². The van der Waals surface area contributed by atoms with E-state index in [0.717, 1.165) is 11.3 Å². The second kappa shape index (κ2) is 10.0. The molecule has 10 heteroatoms. The number of hydrogen-bond acceptors (Lipinski definition) is 6. The van der Waals surface area contributed by atoms with Gasteiger partial charge in [0.1, 0.15) is 16.3 Å². The monoisotopic (exact) mass is 575 g/mol. The molecule has 0 radical (unpaired) electrons. The number of benzene rings is 1. The first-order valence-corrected chi connectivity index (χ1v) is 13.2. The van der Waals surface area contributed by atoms with Gasteiger partial charge in [0.05, 0.1) is 15.7 Å². The number of rotatable bonds is 3. The number of pyridine rings is 1. The van der Waals surface area contributed by atoms with Crippen molar-refractivity contribution in [1.82, 2.24) is 19.4 Å². The Labute approximate surface area is 224 Å². The maximum absolute atomic E-state index is 13.6. The minimum atomic E-state index is -0.569. The van der Waals surface area contributed by atoms with Gasteiger partial charge in [-0.25, -0.2) is 14.6 Å². The van der Waals surface area contributed by atoms with Crippen LogP contribution in [0.3, 0.4) is 0 Å². The van der Waals surface area contributed by atoms with Gasteiger partial charge in [-0.1, -0.05) is 43.6 Å². The summed E-state index contributed by atoms with van der Waals surface area (Å²) < 4.78 is 7.74. The molecular formula is C26H31BrClN5O3. The summed E-state index contributed by atoms with van der Waals surface area (Å²) in [5, 5.41) is 0.285. The summed E-state index contributed by atoms with van der Waals surface area (Å²) in [7, 11) is 0. The number of nitrogens with zero attached hydrogens (tertiary/aromatic N) is 5. The fraction of sp³-hybridized carbons (Fsp3) is 0.462. The SMILES string of the molecule is CC(C)c1ccccc1-n1c(=O)nc(N2CCN(C(=O)OC(C)(C)C)C[C@@H]2C)c2nc(Cl)c(Br)cc21. The van der Waals surface area contributed by atoms with Crippen LogP contribution in [0.15, 0.2) is 39.6 Å². The zero-order valence-corrected chi connectivity index (χ0v) is 23.7. The summed E-state index contributed by atoms with van der Waals surface area (Å²) in [6, 6.07) is 9.50. The van der Waals surface area contributed by atoms with Gasteiger partial charge in [-0.15, -0.1) is 0 Å². The largest absolute Gasteiger partial charge is 0.444 e. The molecule has 0 spiro atoms. The average molecular weight is 577 g/mol. The third-order valence-corrected chi connectivity index (χ3v) is 7.23. The minimum absolute atomic E-state index is 0.121. The van der Waals surface area contributed by atoms with Crippen molar-refractivity contribution in [2.24, 2.45) is 0 Å². The van der Waals surface area contributed by atoms with E-state index in [1.54, 1.807) is 9.47 Å². The van der Waals surface area contributed by atoms with Gasteiger partial charge in [0.25, 0.3) is 0 Å². The number of ether oxygens (including phenoxy) is 1. The molecule has 1 amide bonds. The number of halogens is 2. The van der Waals surface area contributed by atoms with E-state index >= 15 is 0 Å². The minimum Gasteiger partial charge on any atom is -0.444 e. The van der Waals surface area contributed by atoms with E-state index in [1.807, 2.05) is 62.9 Å². The van der Waals surface area contributed by atoms with Gasteiger partial charge < -0.3 is 14.5 Å². The van der Waals surface area contributed by atoms with Gasteiger partial charge in [0.15, 0.2) is 5.82 Å². The Morgan fingerprint density at radius 3 is 2.53 bits per heavy atom. The first kappa shape index (κ1) is 26.4. The summed E-state index contributed by atoms with van der Waals surface area (Å²) in [4.78, 5) is 39.0. The van der Waals surface area contributed by atoms with Crippen molar-refractivity contribution in [2.45, 2.75) is 59.1 Å². The van der Waals surface area contributed by atoms with Crippen LogP contribution in [0, 0.1) is 0 Å². The van der Waals surface area contributed by atoms with E-state index in [-0.39, 0.29) is 23.2 Å². The van der Waals surface area contributed by atoms with E-state index in [2.05, 4.69) is 39.7 Å². The molecule has 1 atom stereocenters. The van der Waals surface area contributed by atoms with Gasteiger partial charge in [0, 0.05) is 25.7 Å². The van der Waals surface area contributed by atoms with Crippen molar-refractivity contribution in [3.63, 3.8) is 0 Å². The molecule has 1 saturated heterocycles. The predicted molar refractivity (Wildman–Crippen MR) is 147 cm³/mol. The van der Waals surface area contributed by atoms with Crippen LogP contribution in [0.4, 0.5) is 10.6 Å². The summed E-state index contributed by atoms with van der Waals surface area (Å²) in [6.07, 6.45) is -0.349. The lowest BCUT2D eigenvalue weighted by atomic mass is 10.0. The van der Waals surface area contributed by atoms with Gasteiger partial charge in [-0.2, -0.15) is 4.98 Å². The zero-order chi connectivity index (χ0) is 26.4. The molecule has 8 nitrogen and oxygen atoms in total. The fourth-order valence-corrected chi connectivity index (χ4v) is 4.91. The molecule has 1 aliphatic rings. The van der Waals surface area contributed by atoms with Gasteiger partial charge >= 0.3 is 11.8 Å². The number of para-hydroxylation sites is 1. The van der Waals surface area contributed by atoms with Crippen LogP contribution in [0.2, 0.25) is 5.15 Å². The van der Waals surface area contributed by atoms with Crippen molar-refractivity contribution in [2.75, 3.05) is 24.5 Å². The average Bonchev–Trinajstić information content (AvgIpc) is 2.79. The Morgan fingerprint density at radius 1 is 1.19 bits per heavy atom. The topological polar surface area (TPSA) is 80.6 Å². The van der Waals surface area contributed by atoms with E-state index < -0.39 is 11.3 Å². The molecule has 0 aliphatic carbocycles. The maximum Gasteiger partial charge on any atom is 0.410 e. The molecule has 0 N–H and O–H groups in total. The van der Waals surface area contributed by atoms with E-state index in [0.29, 0.717) is 41.0 Å². The van der Waals surface area contributed by atoms with Crippen molar-refractivity contribution < 1.29 is 9.53 Å². The molecule has 192 valence electrons. The van der Waals surface area contributed by atoms with Gasteiger partial charge in [-0.05, 0) is 67.2 Å². The van der Waals surface area contributed by atoms with Gasteiger partial charge in [0.2, 0.25) is 0 Å². The summed E-state index contributed by atoms with van der Waals surface area (Å²) >= 11 is 9.89. The Kier molecular flexibility index (Phi) is 7.35. The number of piperazine rings is 1. The van der Waals surface area contributed by atoms with Crippen LogP contribution in [0.25, 0.3) is 16.7 Å². The molecule has 0 bridgehead atoms. The van der Waals surface area contributed by atoms with Crippen LogP contribution >= 0.6 is 27.5 Å². The Morgan fingerprint density at radius 2 is 1.89 bits per heavy atom. The molecule has 0 saturated carbocycles. The molecule has 1 aliphatic heterocycles. The highest BCUT2D eigenvalue weighted by Crippen LogP contribution is 2.33. The first-order valence-electron chi connectivity index (χ1n) is 12.0. The molecule has 2 aromatic heterocycles. The third kappa shape index (κ3) is 5.22. The van der Waals surface area contributed by atoms with Crippen LogP contribution < -0.4 is 10.6 Å². The molecule has 1 fully saturated rings. The summed E-state index contributed by atoms with van der Waals surface area (Å²) in [5.74, 6) is 0.659. The molecule has 0 unspecified atom stereocenters. The lowest BCUT2D eigenvalue weighted by Crippen LogP contribution is -2.55. The maximum atomic E-state index is 13.6. The lowest BCUT2D eigenvalue weighted by Gasteiger charge is -2.40. The number of aromatic nitrogens is 3. The second-order valence-electron chi connectivity index (χ2n) is 10.4. The van der Waals surface area contributed by atoms with E-state index in [4.69, 9.17) is 16.3 Å². The molecule has 36 heavy (non-hydrogen) atoms. The Balaban J connectivity index is 1.81. The number of carbonyl (C=O) groups is 1. The first-order chi connectivity index (χ1) is 16.9. The Hall–Kier alpha value is -2.65. The van der Waals surface area contributed by atoms with E-state index in [9.17, 15) is 9.59 Å². The van der Waals surface area contributed by atoms with Gasteiger partial charge in [-0.3, -0.25) is 4.57 Å². The number of amides is 1. The smallest absolute Gasteiger partial charge is 0.410 e. The van der Waals surface area contributed by atoms with Crippen molar-refractivity contribution >= 4 is 50.5 Å². The standard InChI is InChI=1S/C26H31BrClN5O3/c1-15(2)17-9-7-8-10-19(17)33-20-13-18(27)22(28)29-21(20)23(30-24(33)34)32-12-11-31(14-16(32)3)25(35)36-26(4,5)6/h7-10,13,15-16H,11-12,14H2,1-6H3/t16-/m0/s1. The second-order valence-corrected chi connectivity index (χ2v) is 11.6. The van der Waals surface area contributed by atoms with Crippen molar-refractivity contribution in [3.8, 4) is 5.69 Å². The molecule has 1 aromatic carbocycles. The number of fused-ring (bicyclic) bond motifs is 1. The number of hydrogen-bond donors (Lipinski definition) is 0. The van der Waals surface area contributed by atoms with Crippen LogP contribution in [-0.2, 0) is 4.74 Å². The molecule has 4 rings (SSSR count). The van der Waals surface area contributed by atoms with Crippen molar-refractivity contribution in [1.29, 1.82) is 0 Å². The highest BCUT2D eigenvalue weighted by atomic mass is 79.9. The molecular weight excluding hydrogens is 546 g/mol. The fourth-order valence-electron chi connectivity index (χ4n) is 4.47. The lowest BCUT2D eigenvalue weighted by molar-refractivity contribution is 0.0218. The normalized spacial score (nSPS) is 16.6. The molecule has 3 aromatic rings. The van der Waals surface area contributed by atoms with Crippen LogP contribution in [-0.4, -0.2) is 56.8 Å². The molecule has 3 heterocycles. The quantitative estimate of drug-likeness (QED) is 0.369. The van der Waals surface area contributed by atoms with Crippen LogP contribution in [0.5, 0.6) is 0 Å². The number of anilines is 1. The van der Waals surface area contributed by atoms with E-state index in [1.165, 1.54) is 0 Å². The van der Waals surface area contributed by atoms with Crippen LogP contribution in [0.1, 0.15) is 53.0 Å².